The lowest BCUT2D eigenvalue weighted by Crippen LogP contribution is -2.34. The van der Waals surface area contributed by atoms with Gasteiger partial charge in [-0.15, -0.1) is 0 Å². The van der Waals surface area contributed by atoms with Crippen LogP contribution in [0.2, 0.25) is 0 Å². The monoisotopic (exact) mass is 408 g/mol. The van der Waals surface area contributed by atoms with E-state index in [1.807, 2.05) is 0 Å². The minimum absolute atomic E-state index is 0.0368. The summed E-state index contributed by atoms with van der Waals surface area (Å²) in [5, 5.41) is 0. The van der Waals surface area contributed by atoms with Gasteiger partial charge in [-0.3, -0.25) is 9.59 Å². The quantitative estimate of drug-likeness (QED) is 0.702. The number of carbonyl (C=O) groups excluding carboxylic acids is 2. The number of hydrogen-bond donors (Lipinski definition) is 1. The van der Waals surface area contributed by atoms with Gasteiger partial charge in [0.25, 0.3) is 5.91 Å². The molecule has 1 atom stereocenters. The second kappa shape index (κ2) is 7.98. The van der Waals surface area contributed by atoms with Gasteiger partial charge in [0, 0.05) is 30.6 Å². The Balaban J connectivity index is 1.79. The van der Waals surface area contributed by atoms with E-state index >= 15 is 0 Å². The molecule has 2 amide bonds. The van der Waals surface area contributed by atoms with Gasteiger partial charge in [0.1, 0.15) is 18.0 Å². The van der Waals surface area contributed by atoms with Gasteiger partial charge in [0.2, 0.25) is 5.91 Å². The highest BCUT2D eigenvalue weighted by molar-refractivity contribution is 5.96. The largest absolute Gasteiger partial charge is 0.366 e. The highest BCUT2D eigenvalue weighted by Crippen LogP contribution is 2.39. The van der Waals surface area contributed by atoms with Gasteiger partial charge >= 0.3 is 0 Å². The summed E-state index contributed by atoms with van der Waals surface area (Å²) in [7, 11) is 0. The van der Waals surface area contributed by atoms with Crippen molar-refractivity contribution in [3.63, 3.8) is 0 Å². The highest BCUT2D eigenvalue weighted by Gasteiger charge is 2.34. The van der Waals surface area contributed by atoms with Crippen LogP contribution < -0.4 is 5.73 Å². The maximum absolute atomic E-state index is 14.3. The molecule has 6 nitrogen and oxygen atoms in total. The summed E-state index contributed by atoms with van der Waals surface area (Å²) < 4.78 is 28.2. The number of halogens is 2. The van der Waals surface area contributed by atoms with Crippen molar-refractivity contribution in [2.24, 2.45) is 5.73 Å². The lowest BCUT2D eigenvalue weighted by molar-refractivity contribution is 0.0655. The zero-order valence-electron chi connectivity index (χ0n) is 15.9. The highest BCUT2D eigenvalue weighted by atomic mass is 19.1. The van der Waals surface area contributed by atoms with Crippen LogP contribution in [0.4, 0.5) is 8.78 Å². The first-order valence-electron chi connectivity index (χ1n) is 9.37. The fraction of sp³-hybridized carbons (Fsp3) is 0.182. The summed E-state index contributed by atoms with van der Waals surface area (Å²) in [6.07, 6.45) is 4.86. The fourth-order valence-electron chi connectivity index (χ4n) is 3.93. The Bertz CT molecular complexity index is 1120. The van der Waals surface area contributed by atoms with Crippen LogP contribution in [0, 0.1) is 11.6 Å². The van der Waals surface area contributed by atoms with Crippen LogP contribution in [0.3, 0.4) is 0 Å². The van der Waals surface area contributed by atoms with Crippen LogP contribution in [0.1, 0.15) is 49.9 Å². The van der Waals surface area contributed by atoms with E-state index in [-0.39, 0.29) is 17.7 Å². The molecule has 152 valence electrons. The third kappa shape index (κ3) is 3.63. The minimum atomic E-state index is -0.703. The molecule has 1 aliphatic rings. The van der Waals surface area contributed by atoms with Crippen LogP contribution in [0.25, 0.3) is 0 Å². The predicted octanol–water partition coefficient (Wildman–Crippen LogP) is 3.18. The lowest BCUT2D eigenvalue weighted by atomic mass is 10.0. The molecule has 0 fully saturated rings. The Morgan fingerprint density at radius 1 is 1.13 bits per heavy atom. The standard InChI is InChI=1S/C22H18F2N4O2/c23-15-7-18-17(19(24)8-15)5-6-20(18)28(22(30)14-9-26-12-27-10-14)11-13-3-1-2-4-16(13)21(25)29/h1-4,7-10,12,20H,5-6,11H2,(H2,25,29)/t20-/m1/s1. The molecule has 0 unspecified atom stereocenters. The van der Waals surface area contributed by atoms with Crippen molar-refractivity contribution in [3.8, 4) is 0 Å². The molecule has 1 aromatic heterocycles. The summed E-state index contributed by atoms with van der Waals surface area (Å²) in [5.41, 5.74) is 7.36. The van der Waals surface area contributed by atoms with E-state index in [2.05, 4.69) is 9.97 Å². The zero-order chi connectivity index (χ0) is 21.3. The van der Waals surface area contributed by atoms with Crippen LogP contribution in [-0.2, 0) is 13.0 Å². The summed E-state index contributed by atoms with van der Waals surface area (Å²) in [5.74, 6) is -2.35. The molecule has 0 saturated carbocycles. The molecule has 0 bridgehead atoms. The first-order valence-corrected chi connectivity index (χ1v) is 9.37. The van der Waals surface area contributed by atoms with Gasteiger partial charge in [-0.1, -0.05) is 18.2 Å². The summed E-state index contributed by atoms with van der Waals surface area (Å²) >= 11 is 0. The Kier molecular flexibility index (Phi) is 5.22. The molecule has 1 aliphatic carbocycles. The van der Waals surface area contributed by atoms with Crippen LogP contribution >= 0.6 is 0 Å². The van der Waals surface area contributed by atoms with Crippen LogP contribution in [0.5, 0.6) is 0 Å². The van der Waals surface area contributed by atoms with E-state index in [0.29, 0.717) is 29.5 Å². The maximum Gasteiger partial charge on any atom is 0.257 e. The van der Waals surface area contributed by atoms with Crippen LogP contribution in [0.15, 0.2) is 55.1 Å². The fourth-order valence-corrected chi connectivity index (χ4v) is 3.93. The number of rotatable bonds is 5. The van der Waals surface area contributed by atoms with Crippen molar-refractivity contribution in [2.45, 2.75) is 25.4 Å². The maximum atomic E-state index is 14.3. The molecular formula is C22H18F2N4O2. The molecule has 1 heterocycles. The second-order valence-electron chi connectivity index (χ2n) is 7.09. The Morgan fingerprint density at radius 2 is 1.87 bits per heavy atom. The third-order valence-electron chi connectivity index (χ3n) is 5.29. The van der Waals surface area contributed by atoms with Crippen molar-refractivity contribution >= 4 is 11.8 Å². The lowest BCUT2D eigenvalue weighted by Gasteiger charge is -2.30. The van der Waals surface area contributed by atoms with Crippen molar-refractivity contribution in [2.75, 3.05) is 0 Å². The van der Waals surface area contributed by atoms with Crippen molar-refractivity contribution < 1.29 is 18.4 Å². The average molecular weight is 408 g/mol. The molecule has 8 heteroatoms. The molecule has 4 rings (SSSR count). The molecule has 0 saturated heterocycles. The number of benzene rings is 2. The average Bonchev–Trinajstić information content (AvgIpc) is 3.16. The predicted molar refractivity (Wildman–Crippen MR) is 104 cm³/mol. The Hall–Kier alpha value is -3.68. The van der Waals surface area contributed by atoms with E-state index in [1.54, 1.807) is 24.3 Å². The SMILES string of the molecule is NC(=O)c1ccccc1CN(C(=O)c1cncnc1)[C@@H]1CCc2c(F)cc(F)cc21. The van der Waals surface area contributed by atoms with Gasteiger partial charge < -0.3 is 10.6 Å². The van der Waals surface area contributed by atoms with Gasteiger partial charge in [-0.2, -0.15) is 0 Å². The number of amides is 2. The normalized spacial score (nSPS) is 14.9. The van der Waals surface area contributed by atoms with E-state index in [9.17, 15) is 18.4 Å². The second-order valence-corrected chi connectivity index (χ2v) is 7.09. The Morgan fingerprint density at radius 3 is 2.60 bits per heavy atom. The number of primary amides is 1. The number of nitrogens with two attached hydrogens (primary N) is 1. The Labute approximate surface area is 171 Å². The molecule has 30 heavy (non-hydrogen) atoms. The van der Waals surface area contributed by atoms with Gasteiger partial charge in [0.05, 0.1) is 11.6 Å². The van der Waals surface area contributed by atoms with Gasteiger partial charge in [-0.05, 0) is 41.7 Å². The van der Waals surface area contributed by atoms with Crippen molar-refractivity contribution in [1.29, 1.82) is 0 Å². The molecule has 0 aliphatic heterocycles. The van der Waals surface area contributed by atoms with E-state index in [4.69, 9.17) is 5.73 Å². The number of hydrogen-bond acceptors (Lipinski definition) is 4. The summed E-state index contributed by atoms with van der Waals surface area (Å²) in [6, 6.07) is 8.23. The van der Waals surface area contributed by atoms with E-state index < -0.39 is 29.5 Å². The summed E-state index contributed by atoms with van der Waals surface area (Å²) in [4.78, 5) is 34.5. The topological polar surface area (TPSA) is 89.2 Å². The number of nitrogens with zero attached hydrogens (tertiary/aromatic N) is 3. The summed E-state index contributed by atoms with van der Waals surface area (Å²) in [6.45, 7) is 0.0368. The smallest absolute Gasteiger partial charge is 0.257 e. The number of fused-ring (bicyclic) bond motifs is 1. The first-order chi connectivity index (χ1) is 14.5. The molecule has 3 aromatic rings. The molecule has 0 radical (unpaired) electrons. The van der Waals surface area contributed by atoms with E-state index in [1.165, 1.54) is 29.7 Å². The molecule has 0 spiro atoms. The molecule has 2 N–H and O–H groups in total. The van der Waals surface area contributed by atoms with Gasteiger partial charge in [0.15, 0.2) is 0 Å². The third-order valence-corrected chi connectivity index (χ3v) is 5.29. The van der Waals surface area contributed by atoms with Gasteiger partial charge in [-0.25, -0.2) is 18.7 Å². The van der Waals surface area contributed by atoms with Crippen LogP contribution in [-0.4, -0.2) is 26.7 Å². The number of aromatic nitrogens is 2. The van der Waals surface area contributed by atoms with Crippen molar-refractivity contribution in [1.82, 2.24) is 14.9 Å². The molecule has 2 aromatic carbocycles. The zero-order valence-corrected chi connectivity index (χ0v) is 15.9. The molecular weight excluding hydrogens is 390 g/mol. The van der Waals surface area contributed by atoms with Crippen molar-refractivity contribution in [3.05, 3.63) is 94.6 Å². The number of carbonyl (C=O) groups is 2. The van der Waals surface area contributed by atoms with E-state index in [0.717, 1.165) is 6.07 Å². The minimum Gasteiger partial charge on any atom is -0.366 e. The first kappa shape index (κ1) is 19.6.